The van der Waals surface area contributed by atoms with E-state index < -0.39 is 11.6 Å². The van der Waals surface area contributed by atoms with Crippen LogP contribution in [0.3, 0.4) is 0 Å². The highest BCUT2D eigenvalue weighted by Crippen LogP contribution is 2.31. The predicted octanol–water partition coefficient (Wildman–Crippen LogP) is 3.08. The molecule has 156 valence electrons. The highest BCUT2D eigenvalue weighted by Gasteiger charge is 2.53. The van der Waals surface area contributed by atoms with E-state index in [0.29, 0.717) is 35.7 Å². The summed E-state index contributed by atoms with van der Waals surface area (Å²) in [6.07, 6.45) is 1.10. The predicted molar refractivity (Wildman–Crippen MR) is 111 cm³/mol. The second kappa shape index (κ2) is 7.99. The zero-order valence-corrected chi connectivity index (χ0v) is 17.3. The maximum atomic E-state index is 13.2. The van der Waals surface area contributed by atoms with E-state index in [-0.39, 0.29) is 24.9 Å². The number of likely N-dealkylation sites (tertiary alicyclic amines) is 1. The van der Waals surface area contributed by atoms with E-state index in [0.717, 1.165) is 5.56 Å². The van der Waals surface area contributed by atoms with E-state index in [2.05, 4.69) is 5.32 Å². The molecule has 1 unspecified atom stereocenters. The average Bonchev–Trinajstić information content (AvgIpc) is 2.98. The lowest BCUT2D eigenvalue weighted by Gasteiger charge is -2.38. The van der Waals surface area contributed by atoms with Gasteiger partial charge in [-0.25, -0.2) is 4.79 Å². The Morgan fingerprint density at radius 1 is 1.17 bits per heavy atom. The number of urea groups is 1. The van der Waals surface area contributed by atoms with Gasteiger partial charge in [-0.15, -0.1) is 0 Å². The number of halogens is 1. The van der Waals surface area contributed by atoms with Gasteiger partial charge >= 0.3 is 6.03 Å². The molecule has 2 aromatic rings. The Morgan fingerprint density at radius 2 is 1.90 bits per heavy atom. The lowest BCUT2D eigenvalue weighted by atomic mass is 9.88. The van der Waals surface area contributed by atoms with Crippen molar-refractivity contribution in [3.8, 4) is 5.75 Å². The Kier molecular flexibility index (Phi) is 5.39. The molecule has 4 rings (SSSR count). The first kappa shape index (κ1) is 20.2. The van der Waals surface area contributed by atoms with E-state index in [1.54, 1.807) is 53.4 Å². The summed E-state index contributed by atoms with van der Waals surface area (Å²) in [4.78, 5) is 41.8. The first-order chi connectivity index (χ1) is 14.4. The molecule has 7 nitrogen and oxygen atoms in total. The molecule has 0 saturated carbocycles. The Balaban J connectivity index is 1.54. The molecule has 0 aliphatic carbocycles. The number of carbonyl (C=O) groups excluding carboxylic acids is 3. The van der Waals surface area contributed by atoms with Crippen LogP contribution in [0.15, 0.2) is 48.5 Å². The number of ether oxygens (including phenoxy) is 1. The molecule has 2 saturated heterocycles. The van der Waals surface area contributed by atoms with Gasteiger partial charge in [0.1, 0.15) is 11.3 Å². The van der Waals surface area contributed by atoms with Crippen molar-refractivity contribution in [2.75, 3.05) is 20.2 Å². The second-order valence-electron chi connectivity index (χ2n) is 7.56. The Labute approximate surface area is 179 Å². The average molecular weight is 428 g/mol. The van der Waals surface area contributed by atoms with Crippen molar-refractivity contribution < 1.29 is 19.1 Å². The molecule has 0 bridgehead atoms. The lowest BCUT2D eigenvalue weighted by Crippen LogP contribution is -2.59. The minimum atomic E-state index is -1.10. The number of rotatable bonds is 4. The van der Waals surface area contributed by atoms with Crippen LogP contribution in [-0.2, 0) is 11.3 Å². The summed E-state index contributed by atoms with van der Waals surface area (Å²) >= 11 is 5.91. The number of methoxy groups -OCH3 is 1. The number of imide groups is 1. The normalized spacial score (nSPS) is 21.1. The molecule has 2 aromatic carbocycles. The number of nitrogens with zero attached hydrogens (tertiary/aromatic N) is 2. The molecule has 1 N–H and O–H groups in total. The molecule has 1 atom stereocenters. The fraction of sp³-hybridized carbons (Fsp3) is 0.318. The highest BCUT2D eigenvalue weighted by atomic mass is 35.5. The van der Waals surface area contributed by atoms with Gasteiger partial charge in [0.15, 0.2) is 0 Å². The van der Waals surface area contributed by atoms with Gasteiger partial charge < -0.3 is 15.0 Å². The smallest absolute Gasteiger partial charge is 0.325 e. The quantitative estimate of drug-likeness (QED) is 0.760. The van der Waals surface area contributed by atoms with Crippen LogP contribution in [0, 0.1) is 0 Å². The molecule has 30 heavy (non-hydrogen) atoms. The van der Waals surface area contributed by atoms with Gasteiger partial charge in [0.25, 0.3) is 11.8 Å². The number of amides is 4. The van der Waals surface area contributed by atoms with E-state index in [1.807, 2.05) is 0 Å². The van der Waals surface area contributed by atoms with Gasteiger partial charge in [0.05, 0.1) is 25.8 Å². The standard InChI is InChI=1S/C22H22ClN3O4/c1-30-18-6-3-2-5-17(18)19(27)25-12-4-11-22(14-25)20(28)26(21(29)24-22)13-15-7-9-16(23)10-8-15/h2-3,5-10H,4,11-14H2,1H3,(H,24,29). The first-order valence-electron chi connectivity index (χ1n) is 9.74. The molecule has 0 radical (unpaired) electrons. The lowest BCUT2D eigenvalue weighted by molar-refractivity contribution is -0.133. The maximum absolute atomic E-state index is 13.2. The van der Waals surface area contributed by atoms with E-state index >= 15 is 0 Å². The minimum absolute atomic E-state index is 0.131. The summed E-state index contributed by atoms with van der Waals surface area (Å²) in [6, 6.07) is 13.6. The van der Waals surface area contributed by atoms with E-state index in [9.17, 15) is 14.4 Å². The van der Waals surface area contributed by atoms with Gasteiger partial charge in [0.2, 0.25) is 0 Å². The number of hydrogen-bond donors (Lipinski definition) is 1. The number of para-hydroxylation sites is 1. The zero-order valence-electron chi connectivity index (χ0n) is 16.6. The van der Waals surface area contributed by atoms with E-state index in [4.69, 9.17) is 16.3 Å². The number of carbonyl (C=O) groups is 3. The molecule has 2 aliphatic heterocycles. The Morgan fingerprint density at radius 3 is 2.63 bits per heavy atom. The van der Waals surface area contributed by atoms with Gasteiger partial charge in [-0.3, -0.25) is 14.5 Å². The third-order valence-electron chi connectivity index (χ3n) is 5.62. The van der Waals surface area contributed by atoms with Crippen LogP contribution in [-0.4, -0.2) is 53.4 Å². The topological polar surface area (TPSA) is 79.0 Å². The number of hydrogen-bond acceptors (Lipinski definition) is 4. The highest BCUT2D eigenvalue weighted by molar-refractivity contribution is 6.30. The van der Waals surface area contributed by atoms with Crippen molar-refractivity contribution in [2.24, 2.45) is 0 Å². The fourth-order valence-corrected chi connectivity index (χ4v) is 4.22. The van der Waals surface area contributed by atoms with Crippen LogP contribution >= 0.6 is 11.6 Å². The van der Waals surface area contributed by atoms with Crippen molar-refractivity contribution >= 4 is 29.4 Å². The van der Waals surface area contributed by atoms with Crippen LogP contribution in [0.5, 0.6) is 5.75 Å². The summed E-state index contributed by atoms with van der Waals surface area (Å²) < 4.78 is 5.30. The molecule has 2 heterocycles. The second-order valence-corrected chi connectivity index (χ2v) is 8.00. The van der Waals surface area contributed by atoms with Crippen molar-refractivity contribution in [1.29, 1.82) is 0 Å². The summed E-state index contributed by atoms with van der Waals surface area (Å²) in [5.41, 5.74) is 0.143. The maximum Gasteiger partial charge on any atom is 0.325 e. The molecule has 1 spiro atoms. The Bertz CT molecular complexity index is 994. The van der Waals surface area contributed by atoms with Crippen LogP contribution in [0.2, 0.25) is 5.02 Å². The number of nitrogens with one attached hydrogen (secondary N) is 1. The first-order valence-corrected chi connectivity index (χ1v) is 10.1. The van der Waals surface area contributed by atoms with Crippen LogP contribution < -0.4 is 10.1 Å². The zero-order chi connectivity index (χ0) is 21.3. The molecule has 8 heteroatoms. The third-order valence-corrected chi connectivity index (χ3v) is 5.87. The van der Waals surface area contributed by atoms with Gasteiger partial charge in [-0.1, -0.05) is 35.9 Å². The van der Waals surface area contributed by atoms with Crippen LogP contribution in [0.4, 0.5) is 4.79 Å². The molecular weight excluding hydrogens is 406 g/mol. The monoisotopic (exact) mass is 427 g/mol. The summed E-state index contributed by atoms with van der Waals surface area (Å²) in [5.74, 6) is -0.0435. The minimum Gasteiger partial charge on any atom is -0.496 e. The third kappa shape index (κ3) is 3.61. The molecule has 2 fully saturated rings. The van der Waals surface area contributed by atoms with Crippen LogP contribution in [0.1, 0.15) is 28.8 Å². The van der Waals surface area contributed by atoms with Crippen molar-refractivity contribution in [3.05, 3.63) is 64.7 Å². The summed E-state index contributed by atoms with van der Waals surface area (Å²) in [5, 5.41) is 3.44. The van der Waals surface area contributed by atoms with Crippen molar-refractivity contribution in [3.63, 3.8) is 0 Å². The van der Waals surface area contributed by atoms with Gasteiger partial charge in [0, 0.05) is 11.6 Å². The number of benzene rings is 2. The molecule has 2 aliphatic rings. The van der Waals surface area contributed by atoms with Gasteiger partial charge in [-0.2, -0.15) is 0 Å². The van der Waals surface area contributed by atoms with E-state index in [1.165, 1.54) is 12.0 Å². The van der Waals surface area contributed by atoms with Gasteiger partial charge in [-0.05, 0) is 42.7 Å². The van der Waals surface area contributed by atoms with Crippen molar-refractivity contribution in [1.82, 2.24) is 15.1 Å². The molecule has 4 amide bonds. The molecular formula is C22H22ClN3O4. The summed E-state index contributed by atoms with van der Waals surface area (Å²) in [7, 11) is 1.51. The Hall–Kier alpha value is -3.06. The molecule has 0 aromatic heterocycles. The van der Waals surface area contributed by atoms with Crippen molar-refractivity contribution in [2.45, 2.75) is 24.9 Å². The fourth-order valence-electron chi connectivity index (χ4n) is 4.09. The largest absolute Gasteiger partial charge is 0.496 e. The summed E-state index contributed by atoms with van der Waals surface area (Å²) in [6.45, 7) is 0.800. The number of piperidine rings is 1. The van der Waals surface area contributed by atoms with Crippen LogP contribution in [0.25, 0.3) is 0 Å². The SMILES string of the molecule is COc1ccccc1C(=O)N1CCCC2(C1)NC(=O)N(Cc1ccc(Cl)cc1)C2=O.